The van der Waals surface area contributed by atoms with Crippen molar-refractivity contribution in [2.24, 2.45) is 13.0 Å². The predicted molar refractivity (Wildman–Crippen MR) is 70.4 cm³/mol. The lowest BCUT2D eigenvalue weighted by molar-refractivity contribution is 0.224. The smallest absolute Gasteiger partial charge is 0.0830 e. The molecule has 2 rings (SSSR count). The molecule has 2 aromatic rings. The van der Waals surface area contributed by atoms with Crippen LogP contribution in [0.4, 0.5) is 0 Å². The minimum atomic E-state index is 0.128. The maximum absolute atomic E-state index is 9.44. The van der Waals surface area contributed by atoms with Crippen molar-refractivity contribution in [1.29, 1.82) is 0 Å². The van der Waals surface area contributed by atoms with Gasteiger partial charge in [-0.1, -0.05) is 28.9 Å². The lowest BCUT2D eigenvalue weighted by Crippen LogP contribution is -2.13. The first-order valence-corrected chi connectivity index (χ1v) is 6.25. The predicted octanol–water partition coefficient (Wildman–Crippen LogP) is 1.86. The fourth-order valence-corrected chi connectivity index (χ4v) is 2.20. The summed E-state index contributed by atoms with van der Waals surface area (Å²) in [5, 5.41) is 18.1. The molecule has 5 heteroatoms. The summed E-state index contributed by atoms with van der Waals surface area (Å²) in [7, 11) is 1.83. The Morgan fingerprint density at radius 1 is 1.39 bits per heavy atom. The summed E-state index contributed by atoms with van der Waals surface area (Å²) >= 11 is 5.95. The van der Waals surface area contributed by atoms with E-state index in [2.05, 4.69) is 10.3 Å². The number of aliphatic hydroxyl groups is 1. The molecule has 18 heavy (non-hydrogen) atoms. The van der Waals surface area contributed by atoms with Crippen molar-refractivity contribution in [3.8, 4) is 0 Å². The second-order valence-corrected chi connectivity index (χ2v) is 4.91. The molecule has 4 nitrogen and oxygen atoms in total. The molecule has 96 valence electrons. The molecule has 0 saturated heterocycles. The Morgan fingerprint density at radius 3 is 2.83 bits per heavy atom. The van der Waals surface area contributed by atoms with Crippen LogP contribution in [0.1, 0.15) is 11.3 Å². The summed E-state index contributed by atoms with van der Waals surface area (Å²) in [5.74, 6) is 0.139. The van der Waals surface area contributed by atoms with Gasteiger partial charge in [0.05, 0.1) is 5.69 Å². The van der Waals surface area contributed by atoms with Crippen LogP contribution in [0.15, 0.2) is 30.5 Å². The topological polar surface area (TPSA) is 50.9 Å². The van der Waals surface area contributed by atoms with E-state index in [0.29, 0.717) is 0 Å². The summed E-state index contributed by atoms with van der Waals surface area (Å²) in [6.45, 7) is 0.128. The number of benzene rings is 1. The van der Waals surface area contributed by atoms with Gasteiger partial charge in [-0.05, 0) is 36.5 Å². The first-order chi connectivity index (χ1) is 8.67. The van der Waals surface area contributed by atoms with Gasteiger partial charge in [0.1, 0.15) is 0 Å². The van der Waals surface area contributed by atoms with Gasteiger partial charge in [-0.25, -0.2) is 0 Å². The number of aliphatic hydroxyl groups excluding tert-OH is 1. The Hall–Kier alpha value is -1.39. The molecule has 1 aromatic heterocycles. The van der Waals surface area contributed by atoms with Crippen LogP contribution in [0.25, 0.3) is 0 Å². The van der Waals surface area contributed by atoms with E-state index in [-0.39, 0.29) is 12.5 Å². The maximum atomic E-state index is 9.44. The number of halogens is 1. The first kappa shape index (κ1) is 13.1. The summed E-state index contributed by atoms with van der Waals surface area (Å²) in [6, 6.07) is 7.72. The number of hydrogen-bond acceptors (Lipinski definition) is 3. The van der Waals surface area contributed by atoms with Gasteiger partial charge in [0.25, 0.3) is 0 Å². The SMILES string of the molecule is Cn1cc(CC(CO)Cc2cccc(Cl)c2)nn1. The Bertz CT molecular complexity index is 512. The highest BCUT2D eigenvalue weighted by Gasteiger charge is 2.12. The summed E-state index contributed by atoms with van der Waals surface area (Å²) in [6.07, 6.45) is 3.38. The average Bonchev–Trinajstić information content (AvgIpc) is 2.74. The van der Waals surface area contributed by atoms with Gasteiger partial charge in [0.15, 0.2) is 0 Å². The van der Waals surface area contributed by atoms with Gasteiger partial charge in [-0.2, -0.15) is 0 Å². The number of nitrogens with zero attached hydrogens (tertiary/aromatic N) is 3. The number of aryl methyl sites for hydroxylation is 1. The maximum Gasteiger partial charge on any atom is 0.0830 e. The Kier molecular flexibility index (Phi) is 4.33. The van der Waals surface area contributed by atoms with Crippen LogP contribution in [0.2, 0.25) is 5.02 Å². The van der Waals surface area contributed by atoms with Crippen LogP contribution < -0.4 is 0 Å². The molecule has 1 N–H and O–H groups in total. The highest BCUT2D eigenvalue weighted by atomic mass is 35.5. The summed E-state index contributed by atoms with van der Waals surface area (Å²) in [4.78, 5) is 0. The second-order valence-electron chi connectivity index (χ2n) is 4.47. The molecule has 0 bridgehead atoms. The lowest BCUT2D eigenvalue weighted by Gasteiger charge is -2.12. The lowest BCUT2D eigenvalue weighted by atomic mass is 9.96. The highest BCUT2D eigenvalue weighted by Crippen LogP contribution is 2.16. The zero-order valence-electron chi connectivity index (χ0n) is 10.3. The number of aromatic nitrogens is 3. The second kappa shape index (κ2) is 5.98. The molecular weight excluding hydrogens is 250 g/mol. The van der Waals surface area contributed by atoms with Crippen molar-refractivity contribution in [2.45, 2.75) is 12.8 Å². The Labute approximate surface area is 111 Å². The molecule has 1 aromatic carbocycles. The molecule has 0 aliphatic heterocycles. The fraction of sp³-hybridized carbons (Fsp3) is 0.385. The van der Waals surface area contributed by atoms with E-state index in [9.17, 15) is 5.11 Å². The van der Waals surface area contributed by atoms with Gasteiger partial charge >= 0.3 is 0 Å². The number of rotatable bonds is 5. The molecule has 0 amide bonds. The molecule has 1 unspecified atom stereocenters. The van der Waals surface area contributed by atoms with Gasteiger partial charge in [-0.3, -0.25) is 4.68 Å². The van der Waals surface area contributed by atoms with Crippen LogP contribution in [-0.2, 0) is 19.9 Å². The van der Waals surface area contributed by atoms with Crippen molar-refractivity contribution in [2.75, 3.05) is 6.61 Å². The molecule has 0 saturated carbocycles. The van der Waals surface area contributed by atoms with E-state index in [1.54, 1.807) is 4.68 Å². The van der Waals surface area contributed by atoms with E-state index in [0.717, 1.165) is 29.1 Å². The average molecular weight is 266 g/mol. The van der Waals surface area contributed by atoms with Crippen LogP contribution in [-0.4, -0.2) is 26.7 Å². The van der Waals surface area contributed by atoms with E-state index in [4.69, 9.17) is 11.6 Å². The normalized spacial score (nSPS) is 12.6. The third-order valence-corrected chi connectivity index (χ3v) is 3.05. The van der Waals surface area contributed by atoms with Crippen molar-refractivity contribution in [3.63, 3.8) is 0 Å². The molecule has 0 radical (unpaired) electrons. The minimum absolute atomic E-state index is 0.128. The standard InChI is InChI=1S/C13H16ClN3O/c1-17-8-13(15-16-17)7-11(9-18)5-10-3-2-4-12(14)6-10/h2-4,6,8,11,18H,5,7,9H2,1H3. The molecular formula is C13H16ClN3O. The van der Waals surface area contributed by atoms with Crippen LogP contribution in [0.5, 0.6) is 0 Å². The van der Waals surface area contributed by atoms with Crippen LogP contribution in [0, 0.1) is 5.92 Å². The van der Waals surface area contributed by atoms with Crippen molar-refractivity contribution in [3.05, 3.63) is 46.7 Å². The van der Waals surface area contributed by atoms with Crippen molar-refractivity contribution in [1.82, 2.24) is 15.0 Å². The van der Waals surface area contributed by atoms with Gasteiger partial charge < -0.3 is 5.11 Å². The molecule has 0 aliphatic carbocycles. The van der Waals surface area contributed by atoms with Gasteiger partial charge in [0.2, 0.25) is 0 Å². The molecule has 0 fully saturated rings. The van der Waals surface area contributed by atoms with Crippen molar-refractivity contribution >= 4 is 11.6 Å². The van der Waals surface area contributed by atoms with Gasteiger partial charge in [0, 0.05) is 24.9 Å². The van der Waals surface area contributed by atoms with Crippen molar-refractivity contribution < 1.29 is 5.11 Å². The quantitative estimate of drug-likeness (QED) is 0.898. The Balaban J connectivity index is 2.01. The van der Waals surface area contributed by atoms with Crippen LogP contribution in [0.3, 0.4) is 0 Å². The van der Waals surface area contributed by atoms with E-state index >= 15 is 0 Å². The molecule has 1 heterocycles. The minimum Gasteiger partial charge on any atom is -0.396 e. The van der Waals surface area contributed by atoms with Gasteiger partial charge in [-0.15, -0.1) is 5.10 Å². The summed E-state index contributed by atoms with van der Waals surface area (Å²) < 4.78 is 1.67. The molecule has 0 aliphatic rings. The van der Waals surface area contributed by atoms with E-state index < -0.39 is 0 Å². The monoisotopic (exact) mass is 265 g/mol. The Morgan fingerprint density at radius 2 is 2.22 bits per heavy atom. The number of hydrogen-bond donors (Lipinski definition) is 1. The summed E-state index contributed by atoms with van der Waals surface area (Å²) in [5.41, 5.74) is 2.03. The third kappa shape index (κ3) is 3.55. The molecule has 1 atom stereocenters. The highest BCUT2D eigenvalue weighted by molar-refractivity contribution is 6.30. The third-order valence-electron chi connectivity index (χ3n) is 2.82. The zero-order chi connectivity index (χ0) is 13.0. The van der Waals surface area contributed by atoms with E-state index in [1.807, 2.05) is 37.5 Å². The largest absolute Gasteiger partial charge is 0.396 e. The fourth-order valence-electron chi connectivity index (χ4n) is 1.98. The van der Waals surface area contributed by atoms with E-state index in [1.165, 1.54) is 0 Å². The zero-order valence-corrected chi connectivity index (χ0v) is 11.0. The molecule has 0 spiro atoms. The first-order valence-electron chi connectivity index (χ1n) is 5.88. The van der Waals surface area contributed by atoms with Crippen LogP contribution >= 0.6 is 11.6 Å².